The Kier molecular flexibility index (Phi) is 12.3. The molecule has 1 aliphatic carbocycles. The van der Waals surface area contributed by atoms with E-state index < -0.39 is 16.1 Å². The van der Waals surface area contributed by atoms with Crippen molar-refractivity contribution >= 4 is 44.8 Å². The van der Waals surface area contributed by atoms with Crippen LogP contribution in [0.25, 0.3) is 11.0 Å². The number of nitrogens with zero attached hydrogens (tertiary/aromatic N) is 11. The van der Waals surface area contributed by atoms with Crippen molar-refractivity contribution in [2.45, 2.75) is 51.1 Å². The van der Waals surface area contributed by atoms with Gasteiger partial charge in [0.25, 0.3) is 0 Å². The number of carbonyl (C=O) groups excluding carboxylic acids is 1. The van der Waals surface area contributed by atoms with Gasteiger partial charge in [-0.1, -0.05) is 24.3 Å². The van der Waals surface area contributed by atoms with Crippen LogP contribution < -0.4 is 15.5 Å². The number of allylic oxidation sites excluding steroid dienone is 2. The summed E-state index contributed by atoms with van der Waals surface area (Å²) >= 11 is 0. The maximum atomic E-state index is 13.6. The van der Waals surface area contributed by atoms with Crippen molar-refractivity contribution in [3.05, 3.63) is 100 Å². The number of aromatic nitrogens is 7. The third-order valence-electron chi connectivity index (χ3n) is 11.1. The molecule has 3 aromatic heterocycles. The van der Waals surface area contributed by atoms with Crippen LogP contribution in [0.5, 0.6) is 0 Å². The fraction of sp³-hybridized carbons (Fsp3) is 0.405. The third kappa shape index (κ3) is 9.49. The summed E-state index contributed by atoms with van der Waals surface area (Å²) in [7, 11) is 3.41. The van der Waals surface area contributed by atoms with Crippen molar-refractivity contribution in [3.63, 3.8) is 0 Å². The lowest BCUT2D eigenvalue weighted by Gasteiger charge is -2.35. The molecule has 2 atom stereocenters. The summed E-state index contributed by atoms with van der Waals surface area (Å²) in [6, 6.07) is 12.7. The quantitative estimate of drug-likeness (QED) is 0.146. The van der Waals surface area contributed by atoms with Gasteiger partial charge in [0.05, 0.1) is 41.1 Å². The summed E-state index contributed by atoms with van der Waals surface area (Å²) in [6.45, 7) is 9.09. The average Bonchev–Trinajstić information content (AvgIpc) is 3.78. The van der Waals surface area contributed by atoms with Gasteiger partial charge in [0.15, 0.2) is 0 Å². The van der Waals surface area contributed by atoms with Gasteiger partial charge in [-0.25, -0.2) is 13.4 Å². The van der Waals surface area contributed by atoms with E-state index >= 15 is 0 Å². The van der Waals surface area contributed by atoms with Gasteiger partial charge in [-0.05, 0) is 80.1 Å². The molecular formula is C42H52N14O3S. The molecular weight excluding hydrogens is 781 g/mol. The molecule has 18 heteroatoms. The first-order valence-electron chi connectivity index (χ1n) is 19.9. The number of nitriles is 1. The van der Waals surface area contributed by atoms with E-state index in [1.54, 1.807) is 49.2 Å². The number of anilines is 3. The second kappa shape index (κ2) is 17.6. The van der Waals surface area contributed by atoms with Gasteiger partial charge < -0.3 is 30.3 Å². The Balaban J connectivity index is 1.10. The summed E-state index contributed by atoms with van der Waals surface area (Å²) in [6.07, 6.45) is 8.86. The zero-order chi connectivity index (χ0) is 42.7. The largest absolute Gasteiger partial charge is 0.347 e. The van der Waals surface area contributed by atoms with Crippen LogP contribution in [0.2, 0.25) is 0 Å². The fourth-order valence-corrected chi connectivity index (χ4v) is 9.02. The number of H-pyrrole nitrogens is 1. The molecule has 0 saturated carbocycles. The summed E-state index contributed by atoms with van der Waals surface area (Å²) in [5.74, 6) is 1.62. The number of aromatic amines is 1. The molecule has 5 aromatic rings. The average molecular weight is 833 g/mol. The van der Waals surface area contributed by atoms with Crippen molar-refractivity contribution in [1.82, 2.24) is 48.8 Å². The number of hydrogen-bond donors (Lipinski definition) is 3. The summed E-state index contributed by atoms with van der Waals surface area (Å²) < 4.78 is 29.9. The van der Waals surface area contributed by atoms with E-state index in [9.17, 15) is 18.5 Å². The van der Waals surface area contributed by atoms with E-state index in [0.29, 0.717) is 62.3 Å². The number of likely N-dealkylation sites (N-methyl/N-ethyl adjacent to an activating group) is 1. The fourth-order valence-electron chi connectivity index (χ4n) is 7.41. The molecule has 0 spiro atoms. The van der Waals surface area contributed by atoms with Gasteiger partial charge in [-0.3, -0.25) is 9.48 Å². The number of nitrogens with one attached hydrogen (secondary N) is 3. The van der Waals surface area contributed by atoms with Crippen LogP contribution in [0, 0.1) is 38.0 Å². The summed E-state index contributed by atoms with van der Waals surface area (Å²) in [5, 5.41) is 20.1. The number of carbonyl (C=O) groups is 1. The number of amides is 1. The SMILES string of the molecule is Cc1cc2nc(CN(C)c3nc(NC4=CC(CN5CCN(S(=O)(=O)c6cnn(C)c6C)CC5)CC=C4)nc(N[C@@H](Cc4ccc(C#N)cc4)C(=O)N(C)C)n3)[nH]c2cc1C. The lowest BCUT2D eigenvalue weighted by Crippen LogP contribution is -2.49. The second-order valence-electron chi connectivity index (χ2n) is 15.8. The van der Waals surface area contributed by atoms with Crippen LogP contribution in [0.15, 0.2) is 71.4 Å². The molecule has 0 bridgehead atoms. The van der Waals surface area contributed by atoms with Crippen LogP contribution in [-0.2, 0) is 34.8 Å². The van der Waals surface area contributed by atoms with Crippen molar-refractivity contribution in [2.75, 3.05) is 69.4 Å². The first-order chi connectivity index (χ1) is 28.7. The number of piperazine rings is 1. The molecule has 3 N–H and O–H groups in total. The van der Waals surface area contributed by atoms with E-state index in [4.69, 9.17) is 19.9 Å². The second-order valence-corrected chi connectivity index (χ2v) is 17.7. The van der Waals surface area contributed by atoms with Gasteiger partial charge in [0.2, 0.25) is 33.8 Å². The Bertz CT molecular complexity index is 2540. The molecule has 4 heterocycles. The van der Waals surface area contributed by atoms with E-state index in [1.807, 2.05) is 30.2 Å². The van der Waals surface area contributed by atoms with E-state index in [1.165, 1.54) is 22.2 Å². The molecule has 314 valence electrons. The minimum absolute atomic E-state index is 0.163. The molecule has 2 aromatic carbocycles. The highest BCUT2D eigenvalue weighted by Crippen LogP contribution is 2.25. The monoisotopic (exact) mass is 832 g/mol. The first kappa shape index (κ1) is 42.0. The molecule has 7 rings (SSSR count). The number of imidazole rings is 1. The number of rotatable bonds is 14. The van der Waals surface area contributed by atoms with Gasteiger partial charge >= 0.3 is 0 Å². The predicted molar refractivity (Wildman–Crippen MR) is 231 cm³/mol. The van der Waals surface area contributed by atoms with E-state index in [2.05, 4.69) is 69.8 Å². The molecule has 1 amide bonds. The van der Waals surface area contributed by atoms with Crippen LogP contribution in [0.3, 0.4) is 0 Å². The highest BCUT2D eigenvalue weighted by atomic mass is 32.2. The highest BCUT2D eigenvalue weighted by Gasteiger charge is 2.32. The lowest BCUT2D eigenvalue weighted by molar-refractivity contribution is -0.129. The number of hydrogen-bond acceptors (Lipinski definition) is 13. The smallest absolute Gasteiger partial charge is 0.246 e. The normalized spacial score (nSPS) is 16.6. The van der Waals surface area contributed by atoms with Gasteiger partial charge in [0.1, 0.15) is 16.8 Å². The molecule has 1 fully saturated rings. The van der Waals surface area contributed by atoms with E-state index in [0.717, 1.165) is 41.1 Å². The maximum Gasteiger partial charge on any atom is 0.246 e. The minimum Gasteiger partial charge on any atom is -0.347 e. The highest BCUT2D eigenvalue weighted by molar-refractivity contribution is 7.89. The van der Waals surface area contributed by atoms with Crippen molar-refractivity contribution in [2.24, 2.45) is 13.0 Å². The Morgan fingerprint density at radius 2 is 1.72 bits per heavy atom. The Labute approximate surface area is 350 Å². The first-order valence-corrected chi connectivity index (χ1v) is 21.4. The molecule has 1 aliphatic heterocycles. The maximum absolute atomic E-state index is 13.6. The van der Waals surface area contributed by atoms with Gasteiger partial charge in [-0.15, -0.1) is 0 Å². The molecule has 0 radical (unpaired) electrons. The van der Waals surface area contributed by atoms with Crippen LogP contribution >= 0.6 is 0 Å². The molecule has 17 nitrogen and oxygen atoms in total. The summed E-state index contributed by atoms with van der Waals surface area (Å²) in [4.78, 5) is 42.2. The Morgan fingerprint density at radius 3 is 2.40 bits per heavy atom. The third-order valence-corrected chi connectivity index (χ3v) is 13.1. The Hall–Kier alpha value is -6.16. The Morgan fingerprint density at radius 1 is 1.00 bits per heavy atom. The molecule has 1 saturated heterocycles. The van der Waals surface area contributed by atoms with Crippen LogP contribution in [0.1, 0.15) is 40.2 Å². The van der Waals surface area contributed by atoms with Gasteiger partial charge in [-0.2, -0.15) is 29.6 Å². The zero-order valence-electron chi connectivity index (χ0n) is 35.1. The van der Waals surface area contributed by atoms with Gasteiger partial charge in [0, 0.05) is 73.0 Å². The standard InChI is InChI=1S/C42H52N14O3S/c1-27-19-34-35(20-28(27)2)47-38(46-34)26-53(6)42-50-40(49-41(51-42)48-36(39(57)52(4)5)22-30-11-13-31(23-43)14-12-30)45-33-10-8-9-32(21-33)25-55-15-17-56(18-16-55)60(58,59)37-24-44-54(7)29(37)3/h8,10-14,19-21,24,32,36H,9,15-18,22,25-26H2,1-7H3,(H,46,47)(H2,45,48,49,50,51)/t32?,36-/m0/s1. The number of benzene rings is 2. The van der Waals surface area contributed by atoms with Crippen LogP contribution in [0.4, 0.5) is 17.8 Å². The number of sulfonamides is 1. The predicted octanol–water partition coefficient (Wildman–Crippen LogP) is 3.90. The van der Waals surface area contributed by atoms with Crippen molar-refractivity contribution in [3.8, 4) is 6.07 Å². The molecule has 1 unspecified atom stereocenters. The lowest BCUT2D eigenvalue weighted by atomic mass is 9.98. The minimum atomic E-state index is -3.62. The number of fused-ring (bicyclic) bond motifs is 1. The van der Waals surface area contributed by atoms with E-state index in [-0.39, 0.29) is 22.7 Å². The summed E-state index contributed by atoms with van der Waals surface area (Å²) in [5.41, 5.74) is 7.02. The topological polar surface area (TPSA) is 197 Å². The van der Waals surface area contributed by atoms with Crippen molar-refractivity contribution < 1.29 is 13.2 Å². The molecule has 2 aliphatic rings. The van der Waals surface area contributed by atoms with Crippen molar-refractivity contribution in [1.29, 1.82) is 5.26 Å². The number of aryl methyl sites for hydroxylation is 3. The van der Waals surface area contributed by atoms with Crippen LogP contribution in [-0.4, -0.2) is 123 Å². The molecule has 60 heavy (non-hydrogen) atoms. The zero-order valence-corrected chi connectivity index (χ0v) is 36.0.